The third kappa shape index (κ3) is 3.99. The Kier molecular flexibility index (Phi) is 5.40. The van der Waals surface area contributed by atoms with Crippen molar-refractivity contribution in [2.24, 2.45) is 17.4 Å². The van der Waals surface area contributed by atoms with Crippen molar-refractivity contribution < 1.29 is 0 Å². The molecule has 0 saturated heterocycles. The van der Waals surface area contributed by atoms with Crippen molar-refractivity contribution in [1.29, 1.82) is 0 Å². The molecule has 0 aromatic heterocycles. The molecule has 0 spiro atoms. The van der Waals surface area contributed by atoms with E-state index in [2.05, 4.69) is 0 Å². The molecule has 4 N–H and O–H groups in total. The van der Waals surface area contributed by atoms with Crippen molar-refractivity contribution in [3.63, 3.8) is 0 Å². The molecule has 1 rings (SSSR count). The summed E-state index contributed by atoms with van der Waals surface area (Å²) < 4.78 is 0. The molecule has 0 aliphatic heterocycles. The molecule has 0 aliphatic rings. The average molecular weight is 247 g/mol. The maximum atomic E-state index is 5.92. The third-order valence-electron chi connectivity index (χ3n) is 2.49. The molecule has 0 atom stereocenters. The van der Waals surface area contributed by atoms with E-state index in [0.717, 1.165) is 12.8 Å². The van der Waals surface area contributed by atoms with Crippen molar-refractivity contribution in [2.75, 3.05) is 13.1 Å². The Bertz CT molecular complexity index is 311. The lowest BCUT2D eigenvalue weighted by molar-refractivity contribution is 0.508. The van der Waals surface area contributed by atoms with Gasteiger partial charge in [-0.25, -0.2) is 0 Å². The molecule has 0 bridgehead atoms. The van der Waals surface area contributed by atoms with Crippen LogP contribution in [0.2, 0.25) is 10.0 Å². The second kappa shape index (κ2) is 6.33. The number of rotatable bonds is 5. The van der Waals surface area contributed by atoms with Crippen molar-refractivity contribution in [1.82, 2.24) is 0 Å². The molecule has 15 heavy (non-hydrogen) atoms. The van der Waals surface area contributed by atoms with Crippen LogP contribution in [-0.4, -0.2) is 13.1 Å². The van der Waals surface area contributed by atoms with Gasteiger partial charge in [-0.2, -0.15) is 0 Å². The Hall–Kier alpha value is -0.280. The van der Waals surface area contributed by atoms with Crippen LogP contribution in [0.1, 0.15) is 12.0 Å². The lowest BCUT2D eigenvalue weighted by Crippen LogP contribution is -2.23. The van der Waals surface area contributed by atoms with Gasteiger partial charge in [0, 0.05) is 0 Å². The number of benzene rings is 1. The highest BCUT2D eigenvalue weighted by Gasteiger charge is 2.05. The molecule has 0 aliphatic carbocycles. The van der Waals surface area contributed by atoms with Crippen LogP contribution in [0.4, 0.5) is 0 Å². The maximum Gasteiger partial charge on any atom is 0.0595 e. The standard InChI is InChI=1S/C11H16Cl2N2/c12-10-4-3-8(5-11(10)13)1-2-9(6-14)7-15/h3-5,9H,1-2,6-7,14-15H2. The molecule has 1 aromatic rings. The summed E-state index contributed by atoms with van der Waals surface area (Å²) in [6, 6.07) is 5.70. The van der Waals surface area contributed by atoms with Gasteiger partial charge < -0.3 is 11.5 Å². The number of aryl methyl sites for hydroxylation is 1. The highest BCUT2D eigenvalue weighted by atomic mass is 35.5. The van der Waals surface area contributed by atoms with Crippen LogP contribution in [0.5, 0.6) is 0 Å². The zero-order valence-corrected chi connectivity index (χ0v) is 10.1. The van der Waals surface area contributed by atoms with E-state index in [9.17, 15) is 0 Å². The molecule has 0 fully saturated rings. The van der Waals surface area contributed by atoms with Gasteiger partial charge in [-0.1, -0.05) is 29.3 Å². The first-order valence-electron chi connectivity index (χ1n) is 5.01. The van der Waals surface area contributed by atoms with E-state index >= 15 is 0 Å². The predicted octanol–water partition coefficient (Wildman–Crippen LogP) is 2.46. The highest BCUT2D eigenvalue weighted by Crippen LogP contribution is 2.23. The van der Waals surface area contributed by atoms with Crippen LogP contribution in [0, 0.1) is 5.92 Å². The molecule has 0 saturated carbocycles. The van der Waals surface area contributed by atoms with E-state index in [1.165, 1.54) is 5.56 Å². The monoisotopic (exact) mass is 246 g/mol. The van der Waals surface area contributed by atoms with Crippen molar-refractivity contribution in [3.8, 4) is 0 Å². The first kappa shape index (κ1) is 12.8. The van der Waals surface area contributed by atoms with Crippen LogP contribution >= 0.6 is 23.2 Å². The molecular weight excluding hydrogens is 231 g/mol. The van der Waals surface area contributed by atoms with Gasteiger partial charge in [0.15, 0.2) is 0 Å². The van der Waals surface area contributed by atoms with E-state index in [0.29, 0.717) is 29.1 Å². The van der Waals surface area contributed by atoms with Gasteiger partial charge in [-0.15, -0.1) is 0 Å². The van der Waals surface area contributed by atoms with E-state index in [1.54, 1.807) is 0 Å². The molecule has 0 amide bonds. The SMILES string of the molecule is NCC(CN)CCc1ccc(Cl)c(Cl)c1. The van der Waals surface area contributed by atoms with Crippen LogP contribution in [-0.2, 0) is 6.42 Å². The lowest BCUT2D eigenvalue weighted by atomic mass is 10.00. The van der Waals surface area contributed by atoms with Gasteiger partial charge >= 0.3 is 0 Å². The van der Waals surface area contributed by atoms with Crippen LogP contribution in [0.25, 0.3) is 0 Å². The summed E-state index contributed by atoms with van der Waals surface area (Å²) in [6.45, 7) is 1.27. The molecule has 0 heterocycles. The second-order valence-corrected chi connectivity index (χ2v) is 4.44. The van der Waals surface area contributed by atoms with E-state index in [-0.39, 0.29) is 0 Å². The molecule has 84 valence electrons. The first-order chi connectivity index (χ1) is 7.17. The zero-order chi connectivity index (χ0) is 11.3. The van der Waals surface area contributed by atoms with Gasteiger partial charge in [-0.3, -0.25) is 0 Å². The summed E-state index contributed by atoms with van der Waals surface area (Å²) in [7, 11) is 0. The minimum atomic E-state index is 0.388. The topological polar surface area (TPSA) is 52.0 Å². The van der Waals surface area contributed by atoms with Gasteiger partial charge in [0.2, 0.25) is 0 Å². The molecule has 0 radical (unpaired) electrons. The fourth-order valence-electron chi connectivity index (χ4n) is 1.40. The Morgan fingerprint density at radius 1 is 1.07 bits per heavy atom. The number of hydrogen-bond donors (Lipinski definition) is 2. The highest BCUT2D eigenvalue weighted by molar-refractivity contribution is 6.42. The summed E-state index contributed by atoms with van der Waals surface area (Å²) >= 11 is 11.7. The van der Waals surface area contributed by atoms with Gasteiger partial charge in [0.25, 0.3) is 0 Å². The largest absolute Gasteiger partial charge is 0.330 e. The lowest BCUT2D eigenvalue weighted by Gasteiger charge is -2.11. The van der Waals surface area contributed by atoms with E-state index < -0.39 is 0 Å². The van der Waals surface area contributed by atoms with Gasteiger partial charge in [-0.05, 0) is 49.5 Å². The Morgan fingerprint density at radius 3 is 2.27 bits per heavy atom. The van der Waals surface area contributed by atoms with Crippen LogP contribution < -0.4 is 11.5 Å². The average Bonchev–Trinajstić information content (AvgIpc) is 2.24. The summed E-state index contributed by atoms with van der Waals surface area (Å²) in [5.74, 6) is 0.388. The van der Waals surface area contributed by atoms with Crippen LogP contribution in [0.15, 0.2) is 18.2 Å². The normalized spacial score (nSPS) is 11.0. The Morgan fingerprint density at radius 2 is 1.73 bits per heavy atom. The quantitative estimate of drug-likeness (QED) is 0.839. The molecule has 2 nitrogen and oxygen atoms in total. The summed E-state index contributed by atoms with van der Waals surface area (Å²) in [5.41, 5.74) is 12.3. The molecule has 1 aromatic carbocycles. The third-order valence-corrected chi connectivity index (χ3v) is 3.23. The fourth-order valence-corrected chi connectivity index (χ4v) is 1.72. The van der Waals surface area contributed by atoms with Crippen molar-refractivity contribution in [2.45, 2.75) is 12.8 Å². The van der Waals surface area contributed by atoms with E-state index in [1.807, 2.05) is 18.2 Å². The van der Waals surface area contributed by atoms with Gasteiger partial charge in [0.05, 0.1) is 10.0 Å². The number of nitrogens with two attached hydrogens (primary N) is 2. The molecule has 4 heteroatoms. The zero-order valence-electron chi connectivity index (χ0n) is 8.55. The second-order valence-electron chi connectivity index (χ2n) is 3.62. The smallest absolute Gasteiger partial charge is 0.0595 e. The first-order valence-corrected chi connectivity index (χ1v) is 5.77. The fraction of sp³-hybridized carbons (Fsp3) is 0.455. The number of halogens is 2. The Balaban J connectivity index is 2.54. The minimum Gasteiger partial charge on any atom is -0.330 e. The van der Waals surface area contributed by atoms with Crippen LogP contribution in [0.3, 0.4) is 0 Å². The summed E-state index contributed by atoms with van der Waals surface area (Å²) in [6.07, 6.45) is 1.93. The van der Waals surface area contributed by atoms with Gasteiger partial charge in [0.1, 0.15) is 0 Å². The van der Waals surface area contributed by atoms with Crippen molar-refractivity contribution >= 4 is 23.2 Å². The minimum absolute atomic E-state index is 0.388. The maximum absolute atomic E-state index is 5.92. The Labute approximate surface area is 101 Å². The summed E-state index contributed by atoms with van der Waals surface area (Å²) in [5, 5.41) is 1.20. The van der Waals surface area contributed by atoms with Crippen molar-refractivity contribution in [3.05, 3.63) is 33.8 Å². The molecular formula is C11H16Cl2N2. The number of hydrogen-bond acceptors (Lipinski definition) is 2. The molecule has 0 unspecified atom stereocenters. The van der Waals surface area contributed by atoms with E-state index in [4.69, 9.17) is 34.7 Å². The predicted molar refractivity (Wildman–Crippen MR) is 66.4 cm³/mol. The summed E-state index contributed by atoms with van der Waals surface area (Å²) in [4.78, 5) is 0.